The molecule has 0 atom stereocenters. The first-order valence-corrected chi connectivity index (χ1v) is 5.55. The van der Waals surface area contributed by atoms with E-state index in [9.17, 15) is 10.0 Å². The van der Waals surface area contributed by atoms with E-state index < -0.39 is 5.97 Å². The average molecular weight is 254 g/mol. The summed E-state index contributed by atoms with van der Waals surface area (Å²) in [4.78, 5) is 11.7. The summed E-state index contributed by atoms with van der Waals surface area (Å²) in [5, 5.41) is 20.3. The molecule has 0 amide bonds. The fourth-order valence-corrected chi connectivity index (χ4v) is 1.56. The van der Waals surface area contributed by atoms with Crippen molar-refractivity contribution in [2.24, 2.45) is 0 Å². The van der Waals surface area contributed by atoms with Gasteiger partial charge in [-0.25, -0.2) is 4.79 Å². The van der Waals surface area contributed by atoms with Crippen molar-refractivity contribution >= 4 is 5.97 Å². The first-order valence-electron chi connectivity index (χ1n) is 5.55. The Hall–Kier alpha value is -2.87. The molecule has 0 bridgehead atoms. The van der Waals surface area contributed by atoms with Gasteiger partial charge in [0.25, 0.3) is 0 Å². The molecule has 94 valence electrons. The van der Waals surface area contributed by atoms with Crippen LogP contribution in [-0.4, -0.2) is 5.97 Å². The maximum atomic E-state index is 11.7. The number of nitriles is 1. The van der Waals surface area contributed by atoms with Gasteiger partial charge < -0.3 is 9.94 Å². The van der Waals surface area contributed by atoms with Crippen molar-refractivity contribution in [3.05, 3.63) is 70.7 Å². The van der Waals surface area contributed by atoms with Crippen LogP contribution < -0.4 is 4.73 Å². The van der Waals surface area contributed by atoms with Crippen molar-refractivity contribution in [1.82, 2.24) is 0 Å². The van der Waals surface area contributed by atoms with Crippen LogP contribution in [0.4, 0.5) is 0 Å². The topological polar surface area (TPSA) is 77.0 Å². The van der Waals surface area contributed by atoms with E-state index in [0.29, 0.717) is 15.9 Å². The Balaban J connectivity index is 2.10. The second-order valence-corrected chi connectivity index (χ2v) is 3.76. The van der Waals surface area contributed by atoms with Gasteiger partial charge in [-0.15, -0.1) is 0 Å². The molecule has 0 spiro atoms. The maximum Gasteiger partial charge on any atom is 0.405 e. The van der Waals surface area contributed by atoms with E-state index in [0.717, 1.165) is 0 Å². The molecule has 5 heteroatoms. The molecular weight excluding hydrogens is 244 g/mol. The van der Waals surface area contributed by atoms with Crippen molar-refractivity contribution in [3.63, 3.8) is 0 Å². The summed E-state index contributed by atoms with van der Waals surface area (Å²) >= 11 is 0. The largest absolute Gasteiger partial charge is 0.618 e. The van der Waals surface area contributed by atoms with E-state index in [4.69, 9.17) is 10.00 Å². The zero-order valence-corrected chi connectivity index (χ0v) is 9.95. The Labute approximate surface area is 109 Å². The lowest BCUT2D eigenvalue weighted by atomic mass is 10.1. The van der Waals surface area contributed by atoms with Crippen LogP contribution >= 0.6 is 0 Å². The number of carbonyl (C=O) groups excluding carboxylic acids is 1. The highest BCUT2D eigenvalue weighted by Crippen LogP contribution is 2.09. The third kappa shape index (κ3) is 2.87. The van der Waals surface area contributed by atoms with E-state index in [1.807, 2.05) is 6.07 Å². The molecule has 19 heavy (non-hydrogen) atoms. The summed E-state index contributed by atoms with van der Waals surface area (Å²) in [7, 11) is 0. The summed E-state index contributed by atoms with van der Waals surface area (Å²) in [5.74, 6) is -0.719. The predicted molar refractivity (Wildman–Crippen MR) is 65.7 cm³/mol. The molecule has 0 aliphatic rings. The first kappa shape index (κ1) is 12.6. The summed E-state index contributed by atoms with van der Waals surface area (Å²) in [6.45, 7) is -0.0442. The van der Waals surface area contributed by atoms with E-state index in [1.54, 1.807) is 30.3 Å². The Bertz CT molecular complexity index is 647. The molecule has 0 N–H and O–H groups in total. The highest BCUT2D eigenvalue weighted by atomic mass is 16.5. The van der Waals surface area contributed by atoms with Crippen molar-refractivity contribution in [1.29, 1.82) is 5.26 Å². The molecule has 2 rings (SSSR count). The van der Waals surface area contributed by atoms with Gasteiger partial charge >= 0.3 is 11.7 Å². The Morgan fingerprint density at radius 3 is 2.74 bits per heavy atom. The smallest absolute Gasteiger partial charge is 0.405 e. The molecule has 0 saturated carbocycles. The average Bonchev–Trinajstić information content (AvgIpc) is 2.45. The second-order valence-electron chi connectivity index (χ2n) is 3.76. The molecule has 5 nitrogen and oxygen atoms in total. The zero-order chi connectivity index (χ0) is 13.7. The van der Waals surface area contributed by atoms with Gasteiger partial charge in [0.1, 0.15) is 6.61 Å². The van der Waals surface area contributed by atoms with Gasteiger partial charge in [0.2, 0.25) is 0 Å². The normalized spacial score (nSPS) is 9.63. The molecular formula is C14H10N2O3. The van der Waals surface area contributed by atoms with Gasteiger partial charge in [-0.2, -0.15) is 9.99 Å². The van der Waals surface area contributed by atoms with Crippen molar-refractivity contribution in [2.45, 2.75) is 6.61 Å². The quantitative estimate of drug-likeness (QED) is 0.473. The summed E-state index contributed by atoms with van der Waals surface area (Å²) in [6.07, 6.45) is 1.22. The third-order valence-corrected chi connectivity index (χ3v) is 2.53. The van der Waals surface area contributed by atoms with Crippen LogP contribution in [0.1, 0.15) is 21.6 Å². The molecule has 2 aromatic rings. The van der Waals surface area contributed by atoms with Crippen molar-refractivity contribution in [2.75, 3.05) is 0 Å². The number of esters is 1. The van der Waals surface area contributed by atoms with Crippen LogP contribution in [0.15, 0.2) is 48.7 Å². The minimum absolute atomic E-state index is 0.0442. The van der Waals surface area contributed by atoms with Crippen LogP contribution in [0.3, 0.4) is 0 Å². The van der Waals surface area contributed by atoms with E-state index in [-0.39, 0.29) is 12.3 Å². The number of pyridine rings is 1. The number of hydrogen-bond donors (Lipinski definition) is 0. The van der Waals surface area contributed by atoms with Gasteiger partial charge in [-0.05, 0) is 12.1 Å². The zero-order valence-electron chi connectivity index (χ0n) is 9.95. The van der Waals surface area contributed by atoms with Crippen LogP contribution in [0.5, 0.6) is 0 Å². The van der Waals surface area contributed by atoms with E-state index >= 15 is 0 Å². The molecule has 0 unspecified atom stereocenters. The van der Waals surface area contributed by atoms with Gasteiger partial charge in [-0.3, -0.25) is 0 Å². The van der Waals surface area contributed by atoms with E-state index in [1.165, 1.54) is 18.3 Å². The molecule has 0 aliphatic heterocycles. The van der Waals surface area contributed by atoms with Crippen molar-refractivity contribution in [3.8, 4) is 6.07 Å². The Morgan fingerprint density at radius 1 is 1.26 bits per heavy atom. The van der Waals surface area contributed by atoms with Gasteiger partial charge in [0, 0.05) is 17.7 Å². The maximum absolute atomic E-state index is 11.7. The number of aromatic nitrogens is 1. The molecule has 0 aliphatic carbocycles. The number of carbonyl (C=O) groups is 1. The minimum Gasteiger partial charge on any atom is -0.618 e. The Morgan fingerprint density at radius 2 is 2.00 bits per heavy atom. The highest BCUT2D eigenvalue weighted by Gasteiger charge is 2.17. The third-order valence-electron chi connectivity index (χ3n) is 2.53. The number of nitrogens with zero attached hydrogens (tertiary/aromatic N) is 2. The standard InChI is InChI=1S/C14H10N2O3/c15-9-11-5-1-2-6-12(11)10-19-14(17)13-7-3-4-8-16(13)18/h1-8H,10H2. The van der Waals surface area contributed by atoms with Gasteiger partial charge in [0.15, 0.2) is 6.20 Å². The number of ether oxygens (including phenoxy) is 1. The molecule has 1 heterocycles. The predicted octanol–water partition coefficient (Wildman–Crippen LogP) is 1.55. The van der Waals surface area contributed by atoms with Crippen LogP contribution in [-0.2, 0) is 11.3 Å². The lowest BCUT2D eigenvalue weighted by Crippen LogP contribution is -2.34. The minimum atomic E-state index is -0.719. The summed E-state index contributed by atoms with van der Waals surface area (Å²) < 4.78 is 5.47. The fourth-order valence-electron chi connectivity index (χ4n) is 1.56. The monoisotopic (exact) mass is 254 g/mol. The van der Waals surface area contributed by atoms with Gasteiger partial charge in [-0.1, -0.05) is 18.2 Å². The lowest BCUT2D eigenvalue weighted by Gasteiger charge is -2.06. The first-order chi connectivity index (χ1) is 9.22. The highest BCUT2D eigenvalue weighted by molar-refractivity contribution is 5.85. The summed E-state index contributed by atoms with van der Waals surface area (Å²) in [5.41, 5.74) is 0.960. The molecule has 1 aromatic carbocycles. The summed E-state index contributed by atoms with van der Waals surface area (Å²) in [6, 6.07) is 13.3. The number of hydrogen-bond acceptors (Lipinski definition) is 4. The van der Waals surface area contributed by atoms with E-state index in [2.05, 4.69) is 0 Å². The molecule has 0 fully saturated rings. The van der Waals surface area contributed by atoms with Crippen LogP contribution in [0.25, 0.3) is 0 Å². The second kappa shape index (κ2) is 5.65. The SMILES string of the molecule is N#Cc1ccccc1COC(=O)c1cccc[n+]1[O-]. The number of benzene rings is 1. The van der Waals surface area contributed by atoms with Crippen molar-refractivity contribution < 1.29 is 14.3 Å². The van der Waals surface area contributed by atoms with Crippen LogP contribution in [0, 0.1) is 16.5 Å². The molecule has 1 aromatic heterocycles. The number of rotatable bonds is 3. The van der Waals surface area contributed by atoms with Crippen LogP contribution in [0.2, 0.25) is 0 Å². The van der Waals surface area contributed by atoms with Gasteiger partial charge in [0.05, 0.1) is 11.6 Å². The molecule has 0 radical (unpaired) electrons. The fraction of sp³-hybridized carbons (Fsp3) is 0.0714. The lowest BCUT2D eigenvalue weighted by molar-refractivity contribution is -0.608. The Kier molecular flexibility index (Phi) is 3.74. The molecule has 0 saturated heterocycles.